The average molecular weight is 334 g/mol. The molecule has 0 bridgehead atoms. The third-order valence-corrected chi connectivity index (χ3v) is 3.57. The summed E-state index contributed by atoms with van der Waals surface area (Å²) in [5.41, 5.74) is 2.16. The van der Waals surface area contributed by atoms with E-state index < -0.39 is 5.97 Å². The Morgan fingerprint density at radius 3 is 2.43 bits per heavy atom. The van der Waals surface area contributed by atoms with Crippen molar-refractivity contribution in [2.75, 3.05) is 11.9 Å². The van der Waals surface area contributed by atoms with Crippen molar-refractivity contribution in [1.82, 2.24) is 0 Å². The maximum Gasteiger partial charge on any atom is 0.337 e. The zero-order valence-corrected chi connectivity index (χ0v) is 13.5. The molecule has 0 unspecified atom stereocenters. The molecule has 2 N–H and O–H groups in total. The highest BCUT2D eigenvalue weighted by molar-refractivity contribution is 6.33. The largest absolute Gasteiger partial charge is 0.483 e. The predicted octanol–water partition coefficient (Wildman–Crippen LogP) is 3.67. The van der Waals surface area contributed by atoms with Crippen LogP contribution in [0, 0.1) is 13.8 Å². The first-order valence-electron chi connectivity index (χ1n) is 6.90. The van der Waals surface area contributed by atoms with Crippen LogP contribution < -0.4 is 10.1 Å². The third kappa shape index (κ3) is 4.23. The van der Waals surface area contributed by atoms with Crippen molar-refractivity contribution in [1.29, 1.82) is 0 Å². The monoisotopic (exact) mass is 333 g/mol. The number of aryl methyl sites for hydroxylation is 2. The summed E-state index contributed by atoms with van der Waals surface area (Å²) in [6.45, 7) is 3.63. The Hall–Kier alpha value is -2.53. The van der Waals surface area contributed by atoms with Gasteiger partial charge < -0.3 is 15.2 Å². The number of carboxylic acid groups (broad SMARTS) is 1. The van der Waals surface area contributed by atoms with Gasteiger partial charge in [0.25, 0.3) is 5.91 Å². The SMILES string of the molecule is Cc1cccc(C)c1OCC(=O)Nc1ccc(Cl)c(C(=O)O)c1. The van der Waals surface area contributed by atoms with Crippen LogP contribution in [0.2, 0.25) is 5.02 Å². The van der Waals surface area contributed by atoms with Crippen molar-refractivity contribution in [3.05, 3.63) is 58.1 Å². The number of anilines is 1. The van der Waals surface area contributed by atoms with Gasteiger partial charge in [0, 0.05) is 5.69 Å². The van der Waals surface area contributed by atoms with Crippen LogP contribution in [0.4, 0.5) is 5.69 Å². The maximum absolute atomic E-state index is 12.0. The number of nitrogens with one attached hydrogen (secondary N) is 1. The number of para-hydroxylation sites is 1. The summed E-state index contributed by atoms with van der Waals surface area (Å²) in [5, 5.41) is 11.7. The molecule has 0 spiro atoms. The van der Waals surface area contributed by atoms with E-state index in [1.165, 1.54) is 18.2 Å². The minimum Gasteiger partial charge on any atom is -0.483 e. The normalized spacial score (nSPS) is 10.2. The molecule has 0 saturated carbocycles. The summed E-state index contributed by atoms with van der Waals surface area (Å²) in [4.78, 5) is 23.0. The summed E-state index contributed by atoms with van der Waals surface area (Å²) in [5.74, 6) is -0.867. The van der Waals surface area contributed by atoms with E-state index in [1.807, 2.05) is 32.0 Å². The highest BCUT2D eigenvalue weighted by atomic mass is 35.5. The standard InChI is InChI=1S/C17H16ClNO4/c1-10-4-3-5-11(2)16(10)23-9-15(20)19-12-6-7-14(18)13(8-12)17(21)22/h3-8H,9H2,1-2H3,(H,19,20)(H,21,22). The smallest absolute Gasteiger partial charge is 0.337 e. The summed E-state index contributed by atoms with van der Waals surface area (Å²) in [6.07, 6.45) is 0. The minimum atomic E-state index is -1.15. The van der Waals surface area contributed by atoms with Crippen molar-refractivity contribution in [3.63, 3.8) is 0 Å². The van der Waals surface area contributed by atoms with E-state index >= 15 is 0 Å². The van der Waals surface area contributed by atoms with Gasteiger partial charge in [0.1, 0.15) is 5.75 Å². The number of hydrogen-bond acceptors (Lipinski definition) is 3. The number of benzene rings is 2. The first-order valence-corrected chi connectivity index (χ1v) is 7.28. The van der Waals surface area contributed by atoms with Gasteiger partial charge in [0.05, 0.1) is 10.6 Å². The Morgan fingerprint density at radius 2 is 1.83 bits per heavy atom. The molecule has 5 nitrogen and oxygen atoms in total. The van der Waals surface area contributed by atoms with E-state index in [1.54, 1.807) is 0 Å². The lowest BCUT2D eigenvalue weighted by Gasteiger charge is -2.12. The van der Waals surface area contributed by atoms with E-state index in [4.69, 9.17) is 21.4 Å². The molecule has 0 radical (unpaired) electrons. The zero-order valence-electron chi connectivity index (χ0n) is 12.7. The second-order valence-corrected chi connectivity index (χ2v) is 5.46. The third-order valence-electron chi connectivity index (χ3n) is 3.24. The highest BCUT2D eigenvalue weighted by Gasteiger charge is 2.12. The number of rotatable bonds is 5. The van der Waals surface area contributed by atoms with Gasteiger partial charge in [-0.2, -0.15) is 0 Å². The van der Waals surface area contributed by atoms with Crippen LogP contribution in [-0.2, 0) is 4.79 Å². The molecule has 120 valence electrons. The molecular formula is C17H16ClNO4. The topological polar surface area (TPSA) is 75.6 Å². The first kappa shape index (κ1) is 16.8. The number of aromatic carboxylic acids is 1. The molecule has 0 fully saturated rings. The first-order chi connectivity index (χ1) is 10.9. The van der Waals surface area contributed by atoms with E-state index in [-0.39, 0.29) is 23.1 Å². The van der Waals surface area contributed by atoms with Gasteiger partial charge >= 0.3 is 5.97 Å². The van der Waals surface area contributed by atoms with Crippen LogP contribution in [-0.4, -0.2) is 23.6 Å². The Kier molecular flexibility index (Phi) is 5.24. The molecule has 0 aliphatic heterocycles. The van der Waals surface area contributed by atoms with Crippen LogP contribution >= 0.6 is 11.6 Å². The van der Waals surface area contributed by atoms with E-state index in [0.717, 1.165) is 11.1 Å². The Bertz CT molecular complexity index is 738. The fraction of sp³-hybridized carbons (Fsp3) is 0.176. The molecule has 23 heavy (non-hydrogen) atoms. The van der Waals surface area contributed by atoms with E-state index in [0.29, 0.717) is 11.4 Å². The van der Waals surface area contributed by atoms with Gasteiger partial charge in [-0.25, -0.2) is 4.79 Å². The zero-order chi connectivity index (χ0) is 17.0. The maximum atomic E-state index is 12.0. The number of carbonyl (C=O) groups is 2. The molecule has 0 aliphatic carbocycles. The Labute approximate surface area is 138 Å². The Morgan fingerprint density at radius 1 is 1.17 bits per heavy atom. The van der Waals surface area contributed by atoms with E-state index in [9.17, 15) is 9.59 Å². The second-order valence-electron chi connectivity index (χ2n) is 5.06. The number of ether oxygens (including phenoxy) is 1. The van der Waals surface area contributed by atoms with Gasteiger partial charge in [-0.05, 0) is 43.2 Å². The van der Waals surface area contributed by atoms with Crippen LogP contribution in [0.5, 0.6) is 5.75 Å². The minimum absolute atomic E-state index is 0.0693. The summed E-state index contributed by atoms with van der Waals surface area (Å²) >= 11 is 5.79. The molecule has 0 aliphatic rings. The molecule has 0 aromatic heterocycles. The van der Waals surface area contributed by atoms with Crippen molar-refractivity contribution < 1.29 is 19.4 Å². The molecule has 2 aromatic carbocycles. The van der Waals surface area contributed by atoms with E-state index in [2.05, 4.69) is 5.32 Å². The van der Waals surface area contributed by atoms with Gasteiger partial charge in [0.15, 0.2) is 6.61 Å². The molecule has 1 amide bonds. The number of halogens is 1. The fourth-order valence-corrected chi connectivity index (χ4v) is 2.33. The lowest BCUT2D eigenvalue weighted by Crippen LogP contribution is -2.21. The molecule has 0 atom stereocenters. The van der Waals surface area contributed by atoms with Crippen LogP contribution in [0.1, 0.15) is 21.5 Å². The van der Waals surface area contributed by atoms with Crippen molar-refractivity contribution in [2.24, 2.45) is 0 Å². The van der Waals surface area contributed by atoms with Gasteiger partial charge in [-0.15, -0.1) is 0 Å². The molecule has 2 aromatic rings. The predicted molar refractivity (Wildman–Crippen MR) is 88.5 cm³/mol. The lowest BCUT2D eigenvalue weighted by atomic mass is 10.1. The van der Waals surface area contributed by atoms with Crippen LogP contribution in [0.3, 0.4) is 0 Å². The van der Waals surface area contributed by atoms with Crippen molar-refractivity contribution in [3.8, 4) is 5.75 Å². The quantitative estimate of drug-likeness (QED) is 0.875. The highest BCUT2D eigenvalue weighted by Crippen LogP contribution is 2.23. The van der Waals surface area contributed by atoms with Gasteiger partial charge in [-0.1, -0.05) is 29.8 Å². The van der Waals surface area contributed by atoms with Crippen molar-refractivity contribution >= 4 is 29.2 Å². The fourth-order valence-electron chi connectivity index (χ4n) is 2.13. The number of hydrogen-bond donors (Lipinski definition) is 2. The summed E-state index contributed by atoms with van der Waals surface area (Å²) in [6, 6.07) is 9.98. The average Bonchev–Trinajstić information content (AvgIpc) is 2.48. The number of amides is 1. The van der Waals surface area contributed by atoms with Crippen molar-refractivity contribution in [2.45, 2.75) is 13.8 Å². The second kappa shape index (κ2) is 7.15. The lowest BCUT2D eigenvalue weighted by molar-refractivity contribution is -0.118. The summed E-state index contributed by atoms with van der Waals surface area (Å²) < 4.78 is 5.55. The molecular weight excluding hydrogens is 318 g/mol. The Balaban J connectivity index is 2.03. The molecule has 0 heterocycles. The number of carbonyl (C=O) groups excluding carboxylic acids is 1. The van der Waals surface area contributed by atoms with Gasteiger partial charge in [-0.3, -0.25) is 4.79 Å². The molecule has 0 saturated heterocycles. The number of carboxylic acids is 1. The summed E-state index contributed by atoms with van der Waals surface area (Å²) in [7, 11) is 0. The van der Waals surface area contributed by atoms with Gasteiger partial charge in [0.2, 0.25) is 0 Å². The van der Waals surface area contributed by atoms with Crippen LogP contribution in [0.15, 0.2) is 36.4 Å². The molecule has 6 heteroatoms. The van der Waals surface area contributed by atoms with Crippen LogP contribution in [0.25, 0.3) is 0 Å². The molecule has 2 rings (SSSR count).